The van der Waals surface area contributed by atoms with E-state index in [1.807, 2.05) is 50.2 Å². The Bertz CT molecular complexity index is 745. The van der Waals surface area contributed by atoms with Gasteiger partial charge in [0.25, 0.3) is 0 Å². The number of aryl methyl sites for hydroxylation is 2. The zero-order chi connectivity index (χ0) is 14.1. The molecule has 1 heterocycles. The number of oxazole rings is 1. The molecule has 20 heavy (non-hydrogen) atoms. The number of nitrogens with two attached hydrogens (primary N) is 1. The van der Waals surface area contributed by atoms with Gasteiger partial charge in [-0.3, -0.25) is 0 Å². The highest BCUT2D eigenvalue weighted by atomic mass is 16.5. The van der Waals surface area contributed by atoms with Crippen LogP contribution in [0.15, 0.2) is 40.8 Å². The first-order valence-electron chi connectivity index (χ1n) is 6.47. The van der Waals surface area contributed by atoms with Crippen molar-refractivity contribution in [2.45, 2.75) is 20.5 Å². The predicted molar refractivity (Wildman–Crippen MR) is 78.7 cm³/mol. The highest BCUT2D eigenvalue weighted by Crippen LogP contribution is 2.24. The number of benzene rings is 2. The van der Waals surface area contributed by atoms with Gasteiger partial charge in [0.05, 0.1) is 5.69 Å². The summed E-state index contributed by atoms with van der Waals surface area (Å²) in [5, 5.41) is 0. The predicted octanol–water partition coefficient (Wildman–Crippen LogP) is 3.61. The highest BCUT2D eigenvalue weighted by Gasteiger charge is 2.09. The molecule has 0 spiro atoms. The van der Waals surface area contributed by atoms with Gasteiger partial charge in [-0.1, -0.05) is 17.7 Å². The van der Waals surface area contributed by atoms with Crippen LogP contribution >= 0.6 is 0 Å². The van der Waals surface area contributed by atoms with Gasteiger partial charge >= 0.3 is 0 Å². The van der Waals surface area contributed by atoms with E-state index in [1.54, 1.807) is 0 Å². The molecular weight excluding hydrogens is 252 g/mol. The van der Waals surface area contributed by atoms with Crippen LogP contribution in [0.3, 0.4) is 0 Å². The molecule has 0 amide bonds. The van der Waals surface area contributed by atoms with Crippen molar-refractivity contribution in [2.75, 3.05) is 5.73 Å². The molecule has 0 atom stereocenters. The average molecular weight is 268 g/mol. The molecule has 4 nitrogen and oxygen atoms in total. The molecule has 1 aromatic heterocycles. The Morgan fingerprint density at radius 1 is 1.10 bits per heavy atom. The summed E-state index contributed by atoms with van der Waals surface area (Å²) >= 11 is 0. The van der Waals surface area contributed by atoms with E-state index in [1.165, 1.54) is 5.56 Å². The van der Waals surface area contributed by atoms with Gasteiger partial charge in [-0.15, -0.1) is 0 Å². The zero-order valence-corrected chi connectivity index (χ0v) is 11.5. The summed E-state index contributed by atoms with van der Waals surface area (Å²) in [4.78, 5) is 4.40. The first-order valence-corrected chi connectivity index (χ1v) is 6.47. The molecule has 0 fully saturated rings. The smallest absolute Gasteiger partial charge is 0.233 e. The molecule has 102 valence electrons. The van der Waals surface area contributed by atoms with Crippen LogP contribution in [-0.2, 0) is 6.61 Å². The third-order valence-electron chi connectivity index (χ3n) is 3.09. The topological polar surface area (TPSA) is 61.3 Å². The molecule has 0 bridgehead atoms. The first-order chi connectivity index (χ1) is 9.61. The van der Waals surface area contributed by atoms with E-state index < -0.39 is 0 Å². The van der Waals surface area contributed by atoms with Gasteiger partial charge < -0.3 is 14.9 Å². The van der Waals surface area contributed by atoms with E-state index in [9.17, 15) is 0 Å². The van der Waals surface area contributed by atoms with E-state index in [0.29, 0.717) is 17.2 Å². The number of nitrogen functional groups attached to an aromatic ring is 1. The largest absolute Gasteiger partial charge is 0.484 e. The highest BCUT2D eigenvalue weighted by molar-refractivity contribution is 5.85. The molecule has 4 heteroatoms. The zero-order valence-electron chi connectivity index (χ0n) is 11.5. The second-order valence-electron chi connectivity index (χ2n) is 4.91. The van der Waals surface area contributed by atoms with Crippen molar-refractivity contribution in [3.8, 4) is 5.75 Å². The maximum Gasteiger partial charge on any atom is 0.233 e. The number of rotatable bonds is 3. The van der Waals surface area contributed by atoms with Crippen LogP contribution in [0, 0.1) is 13.8 Å². The van der Waals surface area contributed by atoms with Gasteiger partial charge in [0, 0.05) is 0 Å². The summed E-state index contributed by atoms with van der Waals surface area (Å²) in [6.45, 7) is 4.30. The number of hydrogen-bond donors (Lipinski definition) is 1. The summed E-state index contributed by atoms with van der Waals surface area (Å²) in [5.41, 5.74) is 10.2. The average Bonchev–Trinajstić information content (AvgIpc) is 2.81. The molecule has 0 unspecified atom stereocenters. The van der Waals surface area contributed by atoms with Gasteiger partial charge in [-0.25, -0.2) is 4.98 Å². The first kappa shape index (κ1) is 12.5. The van der Waals surface area contributed by atoms with E-state index in [0.717, 1.165) is 16.8 Å². The Morgan fingerprint density at radius 3 is 2.60 bits per heavy atom. The SMILES string of the molecule is Cc1ccc(OCc2nc3cc(C)cc(N)c3o2)cc1. The molecule has 0 aliphatic rings. The number of hydrogen-bond acceptors (Lipinski definition) is 4. The molecule has 2 N–H and O–H groups in total. The number of fused-ring (bicyclic) bond motifs is 1. The van der Waals surface area contributed by atoms with Crippen molar-refractivity contribution in [3.63, 3.8) is 0 Å². The Labute approximate surface area is 117 Å². The Morgan fingerprint density at radius 2 is 1.85 bits per heavy atom. The number of aromatic nitrogens is 1. The van der Waals surface area contributed by atoms with Crippen molar-refractivity contribution in [2.24, 2.45) is 0 Å². The van der Waals surface area contributed by atoms with E-state index in [-0.39, 0.29) is 6.61 Å². The lowest BCUT2D eigenvalue weighted by Crippen LogP contribution is -1.95. The Hall–Kier alpha value is -2.49. The minimum Gasteiger partial charge on any atom is -0.484 e. The molecule has 3 rings (SSSR count). The van der Waals surface area contributed by atoms with Crippen molar-refractivity contribution in [1.82, 2.24) is 4.98 Å². The van der Waals surface area contributed by atoms with E-state index in [2.05, 4.69) is 4.98 Å². The lowest BCUT2D eigenvalue weighted by molar-refractivity contribution is 0.267. The van der Waals surface area contributed by atoms with Crippen LogP contribution in [0.1, 0.15) is 17.0 Å². The molecule has 2 aromatic carbocycles. The monoisotopic (exact) mass is 268 g/mol. The summed E-state index contributed by atoms with van der Waals surface area (Å²) in [6, 6.07) is 11.7. The van der Waals surface area contributed by atoms with Crippen molar-refractivity contribution < 1.29 is 9.15 Å². The molecule has 0 saturated heterocycles. The van der Waals surface area contributed by atoms with Crippen molar-refractivity contribution >= 4 is 16.8 Å². The fraction of sp³-hybridized carbons (Fsp3) is 0.188. The second kappa shape index (κ2) is 4.89. The molecular formula is C16H16N2O2. The fourth-order valence-corrected chi connectivity index (χ4v) is 2.09. The van der Waals surface area contributed by atoms with Gasteiger partial charge in [-0.2, -0.15) is 0 Å². The quantitative estimate of drug-likeness (QED) is 0.737. The van der Waals surface area contributed by atoms with Gasteiger partial charge in [0.15, 0.2) is 12.2 Å². The maximum absolute atomic E-state index is 5.92. The Kier molecular flexibility index (Phi) is 3.06. The van der Waals surface area contributed by atoms with E-state index >= 15 is 0 Å². The third kappa shape index (κ3) is 2.45. The number of anilines is 1. The summed E-state index contributed by atoms with van der Waals surface area (Å²) in [5.74, 6) is 1.32. The minimum atomic E-state index is 0.288. The van der Waals surface area contributed by atoms with Crippen LogP contribution in [-0.4, -0.2) is 4.98 Å². The Balaban J connectivity index is 1.81. The van der Waals surface area contributed by atoms with Crippen LogP contribution in [0.25, 0.3) is 11.1 Å². The summed E-state index contributed by atoms with van der Waals surface area (Å²) < 4.78 is 11.3. The fourth-order valence-electron chi connectivity index (χ4n) is 2.09. The summed E-state index contributed by atoms with van der Waals surface area (Å²) in [7, 11) is 0. The number of nitrogens with zero attached hydrogens (tertiary/aromatic N) is 1. The number of ether oxygens (including phenoxy) is 1. The second-order valence-corrected chi connectivity index (χ2v) is 4.91. The third-order valence-corrected chi connectivity index (χ3v) is 3.09. The van der Waals surface area contributed by atoms with Crippen LogP contribution in [0.5, 0.6) is 5.75 Å². The van der Waals surface area contributed by atoms with Gasteiger partial charge in [-0.05, 0) is 43.7 Å². The maximum atomic E-state index is 5.92. The normalized spacial score (nSPS) is 10.9. The van der Waals surface area contributed by atoms with E-state index in [4.69, 9.17) is 14.9 Å². The molecule has 0 radical (unpaired) electrons. The van der Waals surface area contributed by atoms with Crippen molar-refractivity contribution in [1.29, 1.82) is 0 Å². The molecule has 0 saturated carbocycles. The molecule has 3 aromatic rings. The lowest BCUT2D eigenvalue weighted by Gasteiger charge is -2.03. The van der Waals surface area contributed by atoms with Crippen molar-refractivity contribution in [3.05, 3.63) is 53.4 Å². The lowest BCUT2D eigenvalue weighted by atomic mass is 10.2. The molecule has 0 aliphatic carbocycles. The minimum absolute atomic E-state index is 0.288. The van der Waals surface area contributed by atoms with Crippen LogP contribution in [0.2, 0.25) is 0 Å². The standard InChI is InChI=1S/C16H16N2O2/c1-10-3-5-12(6-4-10)19-9-15-18-14-8-11(2)7-13(17)16(14)20-15/h3-8H,9,17H2,1-2H3. The van der Waals surface area contributed by atoms with Crippen LogP contribution < -0.4 is 10.5 Å². The van der Waals surface area contributed by atoms with Gasteiger partial charge in [0.1, 0.15) is 11.3 Å². The van der Waals surface area contributed by atoms with Crippen LogP contribution in [0.4, 0.5) is 5.69 Å². The van der Waals surface area contributed by atoms with Gasteiger partial charge in [0.2, 0.25) is 5.89 Å². The summed E-state index contributed by atoms with van der Waals surface area (Å²) in [6.07, 6.45) is 0. The molecule has 0 aliphatic heterocycles.